The molecule has 0 radical (unpaired) electrons. The predicted octanol–water partition coefficient (Wildman–Crippen LogP) is 6.12. The van der Waals surface area contributed by atoms with E-state index >= 15 is 0 Å². The molecule has 2 heterocycles. The number of rotatable bonds is 9. The molecule has 1 N–H and O–H groups in total. The first kappa shape index (κ1) is 27.0. The van der Waals surface area contributed by atoms with Gasteiger partial charge in [0.2, 0.25) is 5.91 Å². The van der Waals surface area contributed by atoms with Gasteiger partial charge in [-0.2, -0.15) is 0 Å². The number of carbonyl (C=O) groups excluding carboxylic acids is 1. The number of thiazole rings is 1. The summed E-state index contributed by atoms with van der Waals surface area (Å²) in [6, 6.07) is 23.5. The fourth-order valence-electron chi connectivity index (χ4n) is 4.13. The number of fused-ring (bicyclic) bond motifs is 1. The van der Waals surface area contributed by atoms with E-state index in [1.165, 1.54) is 45.7 Å². The second-order valence-corrected chi connectivity index (χ2v) is 11.3. The van der Waals surface area contributed by atoms with Gasteiger partial charge in [-0.25, -0.2) is 9.37 Å². The molecular formula is C29H25FN4O2S3. The van der Waals surface area contributed by atoms with Crippen LogP contribution in [0, 0.1) is 9.77 Å². The fraction of sp³-hybridized carbons (Fsp3) is 0.172. The van der Waals surface area contributed by atoms with Crippen LogP contribution in [0.4, 0.5) is 4.39 Å². The number of hydrogen-bond donors (Lipinski definition) is 1. The molecule has 0 atom stereocenters. The maximum Gasteiger partial charge on any atom is 0.278 e. The van der Waals surface area contributed by atoms with Gasteiger partial charge in [-0.05, 0) is 72.6 Å². The molecule has 0 saturated heterocycles. The van der Waals surface area contributed by atoms with Gasteiger partial charge >= 0.3 is 0 Å². The van der Waals surface area contributed by atoms with Gasteiger partial charge in [-0.15, -0.1) is 0 Å². The van der Waals surface area contributed by atoms with Crippen molar-refractivity contribution in [2.75, 3.05) is 12.3 Å². The van der Waals surface area contributed by atoms with E-state index in [0.29, 0.717) is 31.7 Å². The number of carbonyl (C=O) groups is 1. The van der Waals surface area contributed by atoms with Gasteiger partial charge in [0.1, 0.15) is 10.5 Å². The molecule has 0 saturated carbocycles. The Kier molecular flexibility index (Phi) is 8.35. The molecule has 0 fully saturated rings. The maximum absolute atomic E-state index is 13.8. The van der Waals surface area contributed by atoms with Crippen molar-refractivity contribution >= 4 is 51.6 Å². The summed E-state index contributed by atoms with van der Waals surface area (Å²) in [6.45, 7) is 2.58. The molecule has 2 aromatic heterocycles. The maximum atomic E-state index is 13.8. The van der Waals surface area contributed by atoms with E-state index in [4.69, 9.17) is 17.2 Å². The molecule has 0 aliphatic heterocycles. The highest BCUT2D eigenvalue weighted by Gasteiger charge is 2.20. The first-order chi connectivity index (χ1) is 18.9. The monoisotopic (exact) mass is 576 g/mol. The molecule has 10 heteroatoms. The van der Waals surface area contributed by atoms with Gasteiger partial charge in [-0.3, -0.25) is 18.7 Å². The number of aromatic nitrogens is 3. The van der Waals surface area contributed by atoms with Gasteiger partial charge in [0, 0.05) is 12.2 Å². The Balaban J connectivity index is 1.49. The van der Waals surface area contributed by atoms with E-state index in [0.717, 1.165) is 35.9 Å². The molecule has 0 bridgehead atoms. The van der Waals surface area contributed by atoms with Crippen LogP contribution in [-0.4, -0.2) is 32.3 Å². The van der Waals surface area contributed by atoms with E-state index in [9.17, 15) is 14.0 Å². The van der Waals surface area contributed by atoms with Crippen molar-refractivity contribution in [1.29, 1.82) is 0 Å². The Bertz CT molecular complexity index is 1730. The van der Waals surface area contributed by atoms with Crippen molar-refractivity contribution in [2.45, 2.75) is 24.9 Å². The highest BCUT2D eigenvalue weighted by Crippen LogP contribution is 2.27. The van der Waals surface area contributed by atoms with Crippen LogP contribution in [-0.2, 0) is 17.6 Å². The molecule has 0 spiro atoms. The molecule has 198 valence electrons. The Hall–Kier alpha value is -3.60. The molecule has 6 nitrogen and oxygen atoms in total. The molecule has 5 aromatic rings. The molecule has 3 aromatic carbocycles. The zero-order valence-electron chi connectivity index (χ0n) is 21.1. The topological polar surface area (TPSA) is 68.9 Å². The summed E-state index contributed by atoms with van der Waals surface area (Å²) in [6.07, 6.45) is 1.62. The molecule has 0 aliphatic carbocycles. The Morgan fingerprint density at radius 2 is 1.64 bits per heavy atom. The summed E-state index contributed by atoms with van der Waals surface area (Å²) < 4.78 is 17.8. The second kappa shape index (κ2) is 12.1. The molecular weight excluding hydrogens is 552 g/mol. The van der Waals surface area contributed by atoms with Crippen LogP contribution in [0.2, 0.25) is 0 Å². The Morgan fingerprint density at radius 3 is 2.33 bits per heavy atom. The SMILES string of the molecule is CCc1ccc(-n2c(=S)sc3c(=O)n(-c4ccc(F)cc4)c(SCC(=O)NCCc4ccccc4)nc32)cc1. The zero-order valence-corrected chi connectivity index (χ0v) is 23.5. The van der Waals surface area contributed by atoms with E-state index in [1.54, 1.807) is 4.57 Å². The van der Waals surface area contributed by atoms with Crippen LogP contribution < -0.4 is 10.9 Å². The van der Waals surface area contributed by atoms with Crippen molar-refractivity contribution in [1.82, 2.24) is 19.4 Å². The summed E-state index contributed by atoms with van der Waals surface area (Å²) in [5.41, 5.74) is 3.70. The first-order valence-corrected chi connectivity index (χ1v) is 14.6. The number of nitrogens with one attached hydrogen (secondary N) is 1. The van der Waals surface area contributed by atoms with Crippen molar-refractivity contribution in [3.05, 3.63) is 110 Å². The lowest BCUT2D eigenvalue weighted by molar-refractivity contribution is -0.118. The predicted molar refractivity (Wildman–Crippen MR) is 159 cm³/mol. The largest absolute Gasteiger partial charge is 0.355 e. The van der Waals surface area contributed by atoms with Crippen LogP contribution in [0.3, 0.4) is 0 Å². The summed E-state index contributed by atoms with van der Waals surface area (Å²) in [5.74, 6) is -0.525. The lowest BCUT2D eigenvalue weighted by Crippen LogP contribution is -2.28. The van der Waals surface area contributed by atoms with Crippen molar-refractivity contribution < 1.29 is 9.18 Å². The molecule has 39 heavy (non-hydrogen) atoms. The smallest absolute Gasteiger partial charge is 0.278 e. The fourth-order valence-corrected chi connectivity index (χ4v) is 6.27. The number of benzene rings is 3. The third-order valence-electron chi connectivity index (χ3n) is 6.18. The molecule has 1 amide bonds. The quantitative estimate of drug-likeness (QED) is 0.130. The average Bonchev–Trinajstić information content (AvgIpc) is 3.29. The highest BCUT2D eigenvalue weighted by atomic mass is 32.2. The number of amides is 1. The number of nitrogens with zero attached hydrogens (tertiary/aromatic N) is 3. The normalized spacial score (nSPS) is 11.1. The number of thioether (sulfide) groups is 1. The van der Waals surface area contributed by atoms with Gasteiger partial charge in [-0.1, -0.05) is 72.5 Å². The van der Waals surface area contributed by atoms with Crippen LogP contribution in [0.5, 0.6) is 0 Å². The standard InChI is InChI=1S/C29H25FN4O2S3/c1-2-19-8-12-22(13-9-19)33-26-25(39-29(33)37)27(36)34(23-14-10-21(30)11-15-23)28(32-26)38-18-24(35)31-17-16-20-6-4-3-5-7-20/h3-15H,2,16-18H2,1H3,(H,31,35). The minimum absolute atomic E-state index is 0.0595. The summed E-state index contributed by atoms with van der Waals surface area (Å²) in [4.78, 5) is 31.3. The van der Waals surface area contributed by atoms with Crippen LogP contribution >= 0.6 is 35.3 Å². The van der Waals surface area contributed by atoms with E-state index in [1.807, 2.05) is 54.6 Å². The highest BCUT2D eigenvalue weighted by molar-refractivity contribution is 7.99. The average molecular weight is 577 g/mol. The van der Waals surface area contributed by atoms with Gasteiger partial charge in [0.15, 0.2) is 14.8 Å². The third kappa shape index (κ3) is 6.03. The Morgan fingerprint density at radius 1 is 0.974 bits per heavy atom. The van der Waals surface area contributed by atoms with Crippen molar-refractivity contribution in [2.24, 2.45) is 0 Å². The molecule has 0 unspecified atom stereocenters. The lowest BCUT2D eigenvalue weighted by Gasteiger charge is -2.13. The van der Waals surface area contributed by atoms with E-state index in [-0.39, 0.29) is 17.2 Å². The number of aryl methyl sites for hydroxylation is 1. The van der Waals surface area contributed by atoms with E-state index in [2.05, 4.69) is 12.2 Å². The molecule has 5 rings (SSSR count). The first-order valence-electron chi connectivity index (χ1n) is 12.4. The van der Waals surface area contributed by atoms with Crippen molar-refractivity contribution in [3.8, 4) is 11.4 Å². The number of halogens is 1. The van der Waals surface area contributed by atoms with Crippen LogP contribution in [0.1, 0.15) is 18.1 Å². The lowest BCUT2D eigenvalue weighted by atomic mass is 10.1. The van der Waals surface area contributed by atoms with Crippen LogP contribution in [0.25, 0.3) is 21.7 Å². The summed E-state index contributed by atoms with van der Waals surface area (Å²) in [7, 11) is 0. The van der Waals surface area contributed by atoms with Crippen LogP contribution in [0.15, 0.2) is 88.8 Å². The summed E-state index contributed by atoms with van der Waals surface area (Å²) >= 11 is 7.98. The van der Waals surface area contributed by atoms with Gasteiger partial charge in [0.25, 0.3) is 5.56 Å². The van der Waals surface area contributed by atoms with E-state index < -0.39 is 5.82 Å². The third-order valence-corrected chi connectivity index (χ3v) is 8.47. The molecule has 0 aliphatic rings. The second-order valence-electron chi connectivity index (χ2n) is 8.76. The Labute approximate surface area is 238 Å². The minimum Gasteiger partial charge on any atom is -0.355 e. The summed E-state index contributed by atoms with van der Waals surface area (Å²) in [5, 5.41) is 3.25. The number of hydrogen-bond acceptors (Lipinski definition) is 6. The zero-order chi connectivity index (χ0) is 27.4. The van der Waals surface area contributed by atoms with Gasteiger partial charge < -0.3 is 5.32 Å². The minimum atomic E-state index is -0.412. The van der Waals surface area contributed by atoms with Gasteiger partial charge in [0.05, 0.1) is 11.4 Å². The van der Waals surface area contributed by atoms with Crippen molar-refractivity contribution in [3.63, 3.8) is 0 Å².